The lowest BCUT2D eigenvalue weighted by Gasteiger charge is -2.06. The van der Waals surface area contributed by atoms with Gasteiger partial charge in [-0.3, -0.25) is 0 Å². The number of benzene rings is 1. The summed E-state index contributed by atoms with van der Waals surface area (Å²) in [5.41, 5.74) is 10.3. The topological polar surface area (TPSA) is 69.9 Å². The maximum atomic E-state index is 6.06. The molecular formula is C14H20N4. The fourth-order valence-electron chi connectivity index (χ4n) is 2.10. The number of imidazole rings is 1. The third kappa shape index (κ3) is 1.94. The van der Waals surface area contributed by atoms with E-state index in [0.717, 1.165) is 29.9 Å². The van der Waals surface area contributed by atoms with Crippen molar-refractivity contribution < 1.29 is 0 Å². The fraction of sp³-hybridized carbons (Fsp3) is 0.357. The van der Waals surface area contributed by atoms with Crippen LogP contribution in [0.5, 0.6) is 0 Å². The molecule has 0 amide bonds. The molecular weight excluding hydrogens is 224 g/mol. The highest BCUT2D eigenvalue weighted by Crippen LogP contribution is 2.29. The van der Waals surface area contributed by atoms with Crippen molar-refractivity contribution >= 4 is 5.82 Å². The Kier molecular flexibility index (Phi) is 3.28. The Labute approximate surface area is 108 Å². The van der Waals surface area contributed by atoms with E-state index in [2.05, 4.69) is 31.8 Å². The standard InChI is InChI=1S/C14H20N4/c1-4-6-12-17-13(14(15)18(12)16)11-8-5-7-9(2)10(11)3/h5,7-8H,4,6,15-16H2,1-3H3. The highest BCUT2D eigenvalue weighted by atomic mass is 15.4. The molecule has 0 radical (unpaired) electrons. The van der Waals surface area contributed by atoms with E-state index in [1.807, 2.05) is 12.1 Å². The van der Waals surface area contributed by atoms with Crippen LogP contribution in [-0.4, -0.2) is 9.66 Å². The first-order valence-corrected chi connectivity index (χ1v) is 6.25. The molecule has 0 aliphatic rings. The lowest BCUT2D eigenvalue weighted by molar-refractivity contribution is 0.794. The minimum absolute atomic E-state index is 0.534. The second-order valence-corrected chi connectivity index (χ2v) is 4.63. The second kappa shape index (κ2) is 4.72. The van der Waals surface area contributed by atoms with Crippen LogP contribution in [0.3, 0.4) is 0 Å². The molecule has 2 aromatic rings. The minimum atomic E-state index is 0.534. The number of nitrogens with zero attached hydrogens (tertiary/aromatic N) is 2. The van der Waals surface area contributed by atoms with Crippen LogP contribution in [0.15, 0.2) is 18.2 Å². The molecule has 2 rings (SSSR count). The molecule has 0 bridgehead atoms. The second-order valence-electron chi connectivity index (χ2n) is 4.63. The molecule has 1 aromatic heterocycles. The van der Waals surface area contributed by atoms with Gasteiger partial charge in [0.2, 0.25) is 0 Å². The summed E-state index contributed by atoms with van der Waals surface area (Å²) in [5.74, 6) is 7.32. The predicted octanol–water partition coefficient (Wildman–Crippen LogP) is 2.42. The molecule has 4 heteroatoms. The Morgan fingerprint density at radius 1 is 1.28 bits per heavy atom. The lowest BCUT2D eigenvalue weighted by atomic mass is 10.0. The monoisotopic (exact) mass is 244 g/mol. The van der Waals surface area contributed by atoms with Gasteiger partial charge >= 0.3 is 0 Å². The Morgan fingerprint density at radius 2 is 2.00 bits per heavy atom. The van der Waals surface area contributed by atoms with Crippen LogP contribution in [0.2, 0.25) is 0 Å². The lowest BCUT2D eigenvalue weighted by Crippen LogP contribution is -2.15. The van der Waals surface area contributed by atoms with Crippen molar-refractivity contribution in [1.82, 2.24) is 9.66 Å². The third-order valence-corrected chi connectivity index (χ3v) is 3.35. The van der Waals surface area contributed by atoms with Gasteiger partial charge in [-0.1, -0.05) is 25.1 Å². The zero-order valence-corrected chi connectivity index (χ0v) is 11.2. The number of rotatable bonds is 3. The van der Waals surface area contributed by atoms with Gasteiger partial charge in [-0.05, 0) is 31.4 Å². The summed E-state index contributed by atoms with van der Waals surface area (Å²) in [4.78, 5) is 4.58. The molecule has 0 saturated carbocycles. The first-order valence-electron chi connectivity index (χ1n) is 6.25. The number of aryl methyl sites for hydroxylation is 2. The molecule has 0 aliphatic carbocycles. The smallest absolute Gasteiger partial charge is 0.150 e. The number of nitrogen functional groups attached to an aromatic ring is 2. The van der Waals surface area contributed by atoms with Crippen LogP contribution >= 0.6 is 0 Å². The zero-order chi connectivity index (χ0) is 13.3. The van der Waals surface area contributed by atoms with Gasteiger partial charge in [0.1, 0.15) is 11.5 Å². The first kappa shape index (κ1) is 12.5. The number of aromatic nitrogens is 2. The van der Waals surface area contributed by atoms with Gasteiger partial charge in [-0.25, -0.2) is 9.66 Å². The summed E-state index contributed by atoms with van der Waals surface area (Å²) in [6.07, 6.45) is 1.84. The largest absolute Gasteiger partial charge is 0.382 e. The predicted molar refractivity (Wildman–Crippen MR) is 75.7 cm³/mol. The highest BCUT2D eigenvalue weighted by molar-refractivity contribution is 5.74. The number of nitrogens with two attached hydrogens (primary N) is 2. The molecule has 96 valence electrons. The molecule has 0 aliphatic heterocycles. The number of hydrogen-bond donors (Lipinski definition) is 2. The summed E-state index contributed by atoms with van der Waals surface area (Å²) in [6.45, 7) is 6.27. The first-order chi connectivity index (χ1) is 8.56. The van der Waals surface area contributed by atoms with E-state index in [4.69, 9.17) is 11.6 Å². The Bertz CT molecular complexity index is 569. The zero-order valence-electron chi connectivity index (χ0n) is 11.2. The quantitative estimate of drug-likeness (QED) is 0.815. The Morgan fingerprint density at radius 3 is 2.67 bits per heavy atom. The average Bonchev–Trinajstić information content (AvgIpc) is 2.62. The Balaban J connectivity index is 2.57. The van der Waals surface area contributed by atoms with E-state index >= 15 is 0 Å². The molecule has 0 fully saturated rings. The van der Waals surface area contributed by atoms with Crippen LogP contribution in [0.4, 0.5) is 5.82 Å². The molecule has 1 heterocycles. The van der Waals surface area contributed by atoms with E-state index in [9.17, 15) is 0 Å². The number of hydrogen-bond acceptors (Lipinski definition) is 3. The van der Waals surface area contributed by atoms with Crippen molar-refractivity contribution in [2.75, 3.05) is 11.6 Å². The highest BCUT2D eigenvalue weighted by Gasteiger charge is 2.15. The van der Waals surface area contributed by atoms with Crippen molar-refractivity contribution in [3.05, 3.63) is 35.2 Å². The summed E-state index contributed by atoms with van der Waals surface area (Å²) in [5, 5.41) is 0. The summed E-state index contributed by atoms with van der Waals surface area (Å²) in [7, 11) is 0. The van der Waals surface area contributed by atoms with E-state index in [-0.39, 0.29) is 0 Å². The van der Waals surface area contributed by atoms with Crippen LogP contribution < -0.4 is 11.6 Å². The van der Waals surface area contributed by atoms with E-state index in [0.29, 0.717) is 5.82 Å². The fourth-order valence-corrected chi connectivity index (χ4v) is 2.10. The summed E-state index contributed by atoms with van der Waals surface area (Å²) < 4.78 is 1.50. The molecule has 4 nitrogen and oxygen atoms in total. The molecule has 4 N–H and O–H groups in total. The molecule has 0 saturated heterocycles. The van der Waals surface area contributed by atoms with Crippen LogP contribution in [0.1, 0.15) is 30.3 Å². The van der Waals surface area contributed by atoms with Gasteiger partial charge in [0.15, 0.2) is 5.82 Å². The van der Waals surface area contributed by atoms with Crippen molar-refractivity contribution in [2.24, 2.45) is 0 Å². The van der Waals surface area contributed by atoms with Gasteiger partial charge in [-0.15, -0.1) is 0 Å². The van der Waals surface area contributed by atoms with E-state index in [1.165, 1.54) is 15.8 Å². The van der Waals surface area contributed by atoms with Crippen molar-refractivity contribution in [3.63, 3.8) is 0 Å². The molecule has 1 aromatic carbocycles. The van der Waals surface area contributed by atoms with Gasteiger partial charge in [0.05, 0.1) is 0 Å². The van der Waals surface area contributed by atoms with E-state index < -0.39 is 0 Å². The average molecular weight is 244 g/mol. The minimum Gasteiger partial charge on any atom is -0.382 e. The van der Waals surface area contributed by atoms with Gasteiger partial charge in [-0.2, -0.15) is 0 Å². The van der Waals surface area contributed by atoms with Crippen molar-refractivity contribution in [3.8, 4) is 11.3 Å². The van der Waals surface area contributed by atoms with Crippen LogP contribution in [0, 0.1) is 13.8 Å². The Hall–Kier alpha value is -1.97. The third-order valence-electron chi connectivity index (χ3n) is 3.35. The normalized spacial score (nSPS) is 10.8. The van der Waals surface area contributed by atoms with Crippen molar-refractivity contribution in [2.45, 2.75) is 33.6 Å². The van der Waals surface area contributed by atoms with Crippen LogP contribution in [0.25, 0.3) is 11.3 Å². The molecule has 0 atom stereocenters. The SMILES string of the molecule is CCCc1nc(-c2cccc(C)c2C)c(N)n1N. The van der Waals surface area contributed by atoms with Gasteiger partial charge in [0, 0.05) is 12.0 Å². The number of anilines is 1. The van der Waals surface area contributed by atoms with Crippen LogP contribution in [-0.2, 0) is 6.42 Å². The summed E-state index contributed by atoms with van der Waals surface area (Å²) >= 11 is 0. The van der Waals surface area contributed by atoms with Gasteiger partial charge in [0.25, 0.3) is 0 Å². The van der Waals surface area contributed by atoms with Gasteiger partial charge < -0.3 is 11.6 Å². The van der Waals surface area contributed by atoms with Crippen molar-refractivity contribution in [1.29, 1.82) is 0 Å². The molecule has 0 spiro atoms. The maximum absolute atomic E-state index is 6.06. The van der Waals surface area contributed by atoms with E-state index in [1.54, 1.807) is 0 Å². The molecule has 0 unspecified atom stereocenters. The molecule has 18 heavy (non-hydrogen) atoms. The maximum Gasteiger partial charge on any atom is 0.150 e. The summed E-state index contributed by atoms with van der Waals surface area (Å²) in [6, 6.07) is 6.14.